The fourth-order valence-corrected chi connectivity index (χ4v) is 2.83. The van der Waals surface area contributed by atoms with E-state index in [-0.39, 0.29) is 11.8 Å². The molecule has 1 aromatic carbocycles. The predicted molar refractivity (Wildman–Crippen MR) is 80.6 cm³/mol. The SMILES string of the molecule is O=C(O)CSc1nnc(NC(=O)NCc2ccccc2)s1. The second kappa shape index (κ2) is 7.60. The zero-order valence-corrected chi connectivity index (χ0v) is 12.4. The second-order valence-electron chi connectivity index (χ2n) is 3.85. The lowest BCUT2D eigenvalue weighted by Gasteiger charge is -2.04. The van der Waals surface area contributed by atoms with E-state index in [1.807, 2.05) is 30.3 Å². The Morgan fingerprint density at radius 3 is 2.71 bits per heavy atom. The highest BCUT2D eigenvalue weighted by molar-refractivity contribution is 8.01. The van der Waals surface area contributed by atoms with Crippen LogP contribution in [0.25, 0.3) is 0 Å². The largest absolute Gasteiger partial charge is 0.481 e. The van der Waals surface area contributed by atoms with Gasteiger partial charge in [0.1, 0.15) is 0 Å². The van der Waals surface area contributed by atoms with Crippen LogP contribution in [0.3, 0.4) is 0 Å². The number of hydrogen-bond acceptors (Lipinski definition) is 6. The van der Waals surface area contributed by atoms with E-state index >= 15 is 0 Å². The molecule has 0 atom stereocenters. The van der Waals surface area contributed by atoms with E-state index in [1.54, 1.807) is 0 Å². The van der Waals surface area contributed by atoms with Gasteiger partial charge in [-0.3, -0.25) is 10.1 Å². The molecule has 0 aliphatic carbocycles. The number of rotatable bonds is 6. The zero-order chi connectivity index (χ0) is 15.1. The maximum absolute atomic E-state index is 11.7. The maximum atomic E-state index is 11.7. The molecule has 2 amide bonds. The van der Waals surface area contributed by atoms with Crippen LogP contribution in [-0.4, -0.2) is 33.1 Å². The molecule has 0 unspecified atom stereocenters. The van der Waals surface area contributed by atoms with Gasteiger partial charge < -0.3 is 10.4 Å². The van der Waals surface area contributed by atoms with Gasteiger partial charge in [0.05, 0.1) is 5.75 Å². The van der Waals surface area contributed by atoms with Gasteiger partial charge in [-0.25, -0.2) is 4.79 Å². The van der Waals surface area contributed by atoms with Crippen LogP contribution in [0.2, 0.25) is 0 Å². The second-order valence-corrected chi connectivity index (χ2v) is 6.05. The van der Waals surface area contributed by atoms with Gasteiger partial charge in [0.25, 0.3) is 0 Å². The van der Waals surface area contributed by atoms with Gasteiger partial charge in [0.15, 0.2) is 4.34 Å². The Balaban J connectivity index is 1.78. The van der Waals surface area contributed by atoms with E-state index in [4.69, 9.17) is 5.11 Å². The molecule has 0 radical (unpaired) electrons. The van der Waals surface area contributed by atoms with Crippen molar-refractivity contribution in [1.82, 2.24) is 15.5 Å². The van der Waals surface area contributed by atoms with Crippen molar-refractivity contribution in [3.8, 4) is 0 Å². The molecule has 2 aromatic rings. The number of carboxylic acid groups (broad SMARTS) is 1. The lowest BCUT2D eigenvalue weighted by molar-refractivity contribution is -0.133. The predicted octanol–water partition coefficient (Wildman–Crippen LogP) is 2.04. The number of urea groups is 1. The number of carbonyl (C=O) groups is 2. The van der Waals surface area contributed by atoms with E-state index in [1.165, 1.54) is 0 Å². The minimum atomic E-state index is -0.926. The number of carboxylic acids is 1. The summed E-state index contributed by atoms with van der Waals surface area (Å²) in [7, 11) is 0. The van der Waals surface area contributed by atoms with Crippen LogP contribution in [0.4, 0.5) is 9.93 Å². The molecule has 9 heteroatoms. The number of carbonyl (C=O) groups excluding carboxylic acids is 1. The first-order chi connectivity index (χ1) is 10.1. The van der Waals surface area contributed by atoms with E-state index in [0.717, 1.165) is 28.7 Å². The van der Waals surface area contributed by atoms with Crippen molar-refractivity contribution < 1.29 is 14.7 Å². The van der Waals surface area contributed by atoms with Crippen LogP contribution in [0.5, 0.6) is 0 Å². The highest BCUT2D eigenvalue weighted by Gasteiger charge is 2.09. The fourth-order valence-electron chi connectivity index (χ4n) is 1.36. The first-order valence-corrected chi connectivity index (χ1v) is 7.70. The lowest BCUT2D eigenvalue weighted by Crippen LogP contribution is -2.28. The van der Waals surface area contributed by atoms with Crippen LogP contribution < -0.4 is 10.6 Å². The molecule has 0 aliphatic heterocycles. The number of aliphatic carboxylic acids is 1. The minimum Gasteiger partial charge on any atom is -0.481 e. The highest BCUT2D eigenvalue weighted by atomic mass is 32.2. The smallest absolute Gasteiger partial charge is 0.321 e. The first-order valence-electron chi connectivity index (χ1n) is 5.90. The average molecular weight is 324 g/mol. The van der Waals surface area contributed by atoms with Gasteiger partial charge in [-0.1, -0.05) is 53.4 Å². The van der Waals surface area contributed by atoms with Crippen molar-refractivity contribution in [2.45, 2.75) is 10.9 Å². The molecule has 1 heterocycles. The molecule has 110 valence electrons. The van der Waals surface area contributed by atoms with Crippen LogP contribution in [-0.2, 0) is 11.3 Å². The topological polar surface area (TPSA) is 104 Å². The molecule has 0 fully saturated rings. The summed E-state index contributed by atoms with van der Waals surface area (Å²) in [5, 5.41) is 21.7. The van der Waals surface area contributed by atoms with Gasteiger partial charge >= 0.3 is 12.0 Å². The molecule has 0 saturated heterocycles. The zero-order valence-electron chi connectivity index (χ0n) is 10.8. The van der Waals surface area contributed by atoms with Gasteiger partial charge in [0.2, 0.25) is 5.13 Å². The van der Waals surface area contributed by atoms with E-state index in [0.29, 0.717) is 16.0 Å². The average Bonchev–Trinajstić information content (AvgIpc) is 2.91. The summed E-state index contributed by atoms with van der Waals surface area (Å²) >= 11 is 2.19. The molecule has 3 N–H and O–H groups in total. The molecule has 0 spiro atoms. The van der Waals surface area contributed by atoms with E-state index < -0.39 is 5.97 Å². The summed E-state index contributed by atoms with van der Waals surface area (Å²) in [6.45, 7) is 0.409. The number of nitrogens with one attached hydrogen (secondary N) is 2. The maximum Gasteiger partial charge on any atom is 0.321 e. The number of thioether (sulfide) groups is 1. The minimum absolute atomic E-state index is 0.0885. The Hall–Kier alpha value is -2.13. The summed E-state index contributed by atoms with van der Waals surface area (Å²) < 4.78 is 0.496. The Morgan fingerprint density at radius 2 is 2.00 bits per heavy atom. The molecule has 7 nitrogen and oxygen atoms in total. The molecule has 0 saturated carbocycles. The van der Waals surface area contributed by atoms with Crippen LogP contribution >= 0.6 is 23.1 Å². The van der Waals surface area contributed by atoms with Crippen molar-refractivity contribution >= 4 is 40.2 Å². The number of amides is 2. The highest BCUT2D eigenvalue weighted by Crippen LogP contribution is 2.25. The third kappa shape index (κ3) is 5.40. The molecule has 21 heavy (non-hydrogen) atoms. The first kappa shape index (κ1) is 15.3. The normalized spacial score (nSPS) is 10.1. The van der Waals surface area contributed by atoms with E-state index in [2.05, 4.69) is 20.8 Å². The third-order valence-electron chi connectivity index (χ3n) is 2.24. The van der Waals surface area contributed by atoms with Crippen LogP contribution in [0.1, 0.15) is 5.56 Å². The van der Waals surface area contributed by atoms with Gasteiger partial charge in [-0.2, -0.15) is 0 Å². The van der Waals surface area contributed by atoms with Crippen molar-refractivity contribution in [2.75, 3.05) is 11.1 Å². The molecular weight excluding hydrogens is 312 g/mol. The van der Waals surface area contributed by atoms with Gasteiger partial charge in [-0.05, 0) is 5.56 Å². The Bertz CT molecular complexity index is 618. The van der Waals surface area contributed by atoms with Gasteiger partial charge in [-0.15, -0.1) is 10.2 Å². The summed E-state index contributed by atoms with van der Waals surface area (Å²) in [5.41, 5.74) is 0.989. The summed E-state index contributed by atoms with van der Waals surface area (Å²) in [6, 6.07) is 9.13. The lowest BCUT2D eigenvalue weighted by atomic mass is 10.2. The van der Waals surface area contributed by atoms with E-state index in [9.17, 15) is 9.59 Å². The number of benzene rings is 1. The number of anilines is 1. The molecule has 0 bridgehead atoms. The Morgan fingerprint density at radius 1 is 1.24 bits per heavy atom. The van der Waals surface area contributed by atoms with Crippen molar-refractivity contribution in [3.05, 3.63) is 35.9 Å². The summed E-state index contributed by atoms with van der Waals surface area (Å²) in [4.78, 5) is 22.1. The number of nitrogens with zero attached hydrogens (tertiary/aromatic N) is 2. The van der Waals surface area contributed by atoms with Crippen molar-refractivity contribution in [3.63, 3.8) is 0 Å². The Kier molecular flexibility index (Phi) is 5.52. The molecular formula is C12H12N4O3S2. The Labute approximate surface area is 128 Å². The van der Waals surface area contributed by atoms with Crippen LogP contribution in [0.15, 0.2) is 34.7 Å². The standard InChI is InChI=1S/C12H12N4O3S2/c17-9(18)7-20-12-16-15-11(21-12)14-10(19)13-6-8-4-2-1-3-5-8/h1-5H,6-7H2,(H,17,18)(H2,13,14,15,19). The summed E-state index contributed by atoms with van der Waals surface area (Å²) in [5.74, 6) is -1.01. The quantitative estimate of drug-likeness (QED) is 0.555. The molecule has 2 rings (SSSR count). The number of hydrogen-bond donors (Lipinski definition) is 3. The van der Waals surface area contributed by atoms with Crippen molar-refractivity contribution in [2.24, 2.45) is 0 Å². The van der Waals surface area contributed by atoms with Crippen molar-refractivity contribution in [1.29, 1.82) is 0 Å². The van der Waals surface area contributed by atoms with Gasteiger partial charge in [0, 0.05) is 6.54 Å². The fraction of sp³-hybridized carbons (Fsp3) is 0.167. The molecule has 1 aromatic heterocycles. The third-order valence-corrected chi connectivity index (χ3v) is 4.20. The summed E-state index contributed by atoms with van der Waals surface area (Å²) in [6.07, 6.45) is 0. The number of aromatic nitrogens is 2. The monoisotopic (exact) mass is 324 g/mol. The van der Waals surface area contributed by atoms with Crippen LogP contribution in [0, 0.1) is 0 Å². The molecule has 0 aliphatic rings.